The second-order valence-electron chi connectivity index (χ2n) is 5.61. The van der Waals surface area contributed by atoms with Gasteiger partial charge in [-0.15, -0.1) is 0 Å². The van der Waals surface area contributed by atoms with Crippen LogP contribution in [0.25, 0.3) is 0 Å². The molecule has 1 aromatic rings. The topological polar surface area (TPSA) is 61.0 Å². The van der Waals surface area contributed by atoms with Gasteiger partial charge in [-0.1, -0.05) is 0 Å². The number of hydrogen-bond donors (Lipinski definition) is 2. The fraction of sp³-hybridized carbons (Fsp3) is 0.625. The van der Waals surface area contributed by atoms with Crippen LogP contribution in [0.4, 0.5) is 4.39 Å². The first-order valence-electron chi connectivity index (χ1n) is 8.01. The van der Waals surface area contributed by atoms with E-state index in [0.717, 1.165) is 19.6 Å². The van der Waals surface area contributed by atoms with E-state index in [9.17, 15) is 4.39 Å². The van der Waals surface area contributed by atoms with Gasteiger partial charge in [0.1, 0.15) is 31.2 Å². The average Bonchev–Trinajstić information content (AvgIpc) is 2.62. The first-order chi connectivity index (χ1) is 11.3. The zero-order chi connectivity index (χ0) is 15.9. The van der Waals surface area contributed by atoms with E-state index in [1.54, 1.807) is 12.1 Å². The lowest BCUT2D eigenvalue weighted by Gasteiger charge is -2.24. The number of benzene rings is 1. The summed E-state index contributed by atoms with van der Waals surface area (Å²) >= 11 is 0. The summed E-state index contributed by atoms with van der Waals surface area (Å²) in [6.45, 7) is 5.24. The first-order valence-corrected chi connectivity index (χ1v) is 8.01. The fourth-order valence-corrected chi connectivity index (χ4v) is 2.51. The predicted molar refractivity (Wildman–Crippen MR) is 82.6 cm³/mol. The molecule has 2 aliphatic heterocycles. The molecule has 3 rings (SSSR count). The maximum atomic E-state index is 13.8. The van der Waals surface area contributed by atoms with E-state index in [0.29, 0.717) is 38.7 Å². The summed E-state index contributed by atoms with van der Waals surface area (Å²) < 4.78 is 36.2. The van der Waals surface area contributed by atoms with Gasteiger partial charge in [0.15, 0.2) is 11.6 Å². The lowest BCUT2D eigenvalue weighted by molar-refractivity contribution is -0.00183. The third-order valence-corrected chi connectivity index (χ3v) is 3.77. The number of morpholine rings is 2. The van der Waals surface area contributed by atoms with E-state index in [-0.39, 0.29) is 18.0 Å². The van der Waals surface area contributed by atoms with E-state index in [1.165, 1.54) is 6.07 Å². The molecule has 2 saturated heterocycles. The van der Waals surface area contributed by atoms with Gasteiger partial charge in [-0.05, 0) is 12.1 Å². The Labute approximate surface area is 135 Å². The minimum absolute atomic E-state index is 0.0138. The highest BCUT2D eigenvalue weighted by Crippen LogP contribution is 2.24. The van der Waals surface area contributed by atoms with Crippen LogP contribution in [0.3, 0.4) is 0 Å². The molecule has 0 saturated carbocycles. The van der Waals surface area contributed by atoms with Crippen LogP contribution in [0.5, 0.6) is 11.5 Å². The molecule has 0 radical (unpaired) electrons. The number of hydrogen-bond acceptors (Lipinski definition) is 6. The second-order valence-corrected chi connectivity index (χ2v) is 5.61. The normalized spacial score (nSPS) is 25.1. The van der Waals surface area contributed by atoms with E-state index in [1.807, 2.05) is 0 Å². The van der Waals surface area contributed by atoms with Gasteiger partial charge < -0.3 is 29.6 Å². The van der Waals surface area contributed by atoms with Gasteiger partial charge in [-0.2, -0.15) is 0 Å². The minimum atomic E-state index is -0.406. The molecule has 128 valence electrons. The van der Waals surface area contributed by atoms with Gasteiger partial charge in [0, 0.05) is 32.2 Å². The number of rotatable bonds is 6. The summed E-state index contributed by atoms with van der Waals surface area (Å²) in [6, 6.07) is 4.52. The lowest BCUT2D eigenvalue weighted by atomic mass is 10.3. The summed E-state index contributed by atoms with van der Waals surface area (Å²) in [5, 5.41) is 6.45. The summed E-state index contributed by atoms with van der Waals surface area (Å²) in [4.78, 5) is 0. The second kappa shape index (κ2) is 8.44. The largest absolute Gasteiger partial charge is 0.491 e. The molecule has 0 amide bonds. The van der Waals surface area contributed by atoms with Crippen molar-refractivity contribution in [1.82, 2.24) is 10.6 Å². The Morgan fingerprint density at radius 3 is 2.26 bits per heavy atom. The van der Waals surface area contributed by atoms with Crippen molar-refractivity contribution >= 4 is 0 Å². The van der Waals surface area contributed by atoms with Crippen molar-refractivity contribution in [3.8, 4) is 11.5 Å². The quantitative estimate of drug-likeness (QED) is 0.797. The summed E-state index contributed by atoms with van der Waals surface area (Å²) in [5.41, 5.74) is 0. The maximum Gasteiger partial charge on any atom is 0.165 e. The van der Waals surface area contributed by atoms with Crippen molar-refractivity contribution in [3.05, 3.63) is 24.0 Å². The maximum absolute atomic E-state index is 13.8. The average molecular weight is 326 g/mol. The Balaban J connectivity index is 1.50. The molecule has 7 heteroatoms. The van der Waals surface area contributed by atoms with E-state index in [2.05, 4.69) is 10.6 Å². The molecule has 2 N–H and O–H groups in total. The van der Waals surface area contributed by atoms with Crippen LogP contribution in [0.15, 0.2) is 18.2 Å². The van der Waals surface area contributed by atoms with Gasteiger partial charge in [0.25, 0.3) is 0 Å². The van der Waals surface area contributed by atoms with Gasteiger partial charge in [0.2, 0.25) is 0 Å². The highest BCUT2D eigenvalue weighted by molar-refractivity contribution is 5.34. The molecule has 2 heterocycles. The molecule has 6 nitrogen and oxygen atoms in total. The Morgan fingerprint density at radius 1 is 1.00 bits per heavy atom. The smallest absolute Gasteiger partial charge is 0.165 e. The van der Waals surface area contributed by atoms with Crippen molar-refractivity contribution in [1.29, 1.82) is 0 Å². The number of ether oxygens (including phenoxy) is 4. The zero-order valence-corrected chi connectivity index (χ0v) is 13.1. The fourth-order valence-electron chi connectivity index (χ4n) is 2.51. The minimum Gasteiger partial charge on any atom is -0.491 e. The Bertz CT molecular complexity index is 491. The predicted octanol–water partition coefficient (Wildman–Crippen LogP) is 0.560. The molecule has 0 spiro atoms. The Hall–Kier alpha value is -1.41. The van der Waals surface area contributed by atoms with Crippen LogP contribution < -0.4 is 20.1 Å². The van der Waals surface area contributed by atoms with Crippen LogP contribution in [-0.2, 0) is 9.47 Å². The summed E-state index contributed by atoms with van der Waals surface area (Å²) in [5.74, 6) is 0.342. The van der Waals surface area contributed by atoms with Crippen LogP contribution in [0.2, 0.25) is 0 Å². The zero-order valence-electron chi connectivity index (χ0n) is 13.1. The third kappa shape index (κ3) is 5.04. The molecule has 2 fully saturated rings. The molecule has 0 aromatic heterocycles. The van der Waals surface area contributed by atoms with Gasteiger partial charge in [0.05, 0.1) is 13.2 Å². The monoisotopic (exact) mass is 326 g/mol. The molecule has 23 heavy (non-hydrogen) atoms. The highest BCUT2D eigenvalue weighted by Gasteiger charge is 2.17. The third-order valence-electron chi connectivity index (χ3n) is 3.77. The van der Waals surface area contributed by atoms with Crippen molar-refractivity contribution in [2.75, 3.05) is 52.6 Å². The molecule has 0 aliphatic carbocycles. The van der Waals surface area contributed by atoms with Gasteiger partial charge >= 0.3 is 0 Å². The van der Waals surface area contributed by atoms with Crippen molar-refractivity contribution in [2.45, 2.75) is 12.2 Å². The van der Waals surface area contributed by atoms with Gasteiger partial charge in [-0.25, -0.2) is 4.39 Å². The Kier molecular flexibility index (Phi) is 6.04. The Morgan fingerprint density at radius 2 is 1.65 bits per heavy atom. The molecule has 1 aromatic carbocycles. The van der Waals surface area contributed by atoms with E-state index < -0.39 is 5.82 Å². The van der Waals surface area contributed by atoms with Crippen molar-refractivity contribution in [2.24, 2.45) is 0 Å². The van der Waals surface area contributed by atoms with Crippen molar-refractivity contribution in [3.63, 3.8) is 0 Å². The summed E-state index contributed by atoms with van der Waals surface area (Å²) in [7, 11) is 0. The number of halogens is 1. The van der Waals surface area contributed by atoms with Crippen LogP contribution in [-0.4, -0.2) is 64.8 Å². The van der Waals surface area contributed by atoms with E-state index in [4.69, 9.17) is 18.9 Å². The SMILES string of the molecule is Fc1ccc(OC[C@@H]2CNCCO2)cc1OC[C@@H]1CNCCO1. The first kappa shape index (κ1) is 16.4. The molecule has 0 unspecified atom stereocenters. The summed E-state index contributed by atoms with van der Waals surface area (Å²) in [6.07, 6.45) is -0.0469. The molecule has 2 atom stereocenters. The highest BCUT2D eigenvalue weighted by atomic mass is 19.1. The standard InChI is InChI=1S/C16H23FN2O4/c17-15-2-1-12(22-10-13-8-18-3-5-20-13)7-16(15)23-11-14-9-19-4-6-21-14/h1-2,7,13-14,18-19H,3-6,8-11H2/t13-,14-/m0/s1. The van der Waals surface area contributed by atoms with Crippen LogP contribution >= 0.6 is 0 Å². The lowest BCUT2D eigenvalue weighted by Crippen LogP contribution is -2.41. The molecular weight excluding hydrogens is 303 g/mol. The van der Waals surface area contributed by atoms with Gasteiger partial charge in [-0.3, -0.25) is 0 Å². The molecule has 2 aliphatic rings. The van der Waals surface area contributed by atoms with Crippen LogP contribution in [0, 0.1) is 5.82 Å². The van der Waals surface area contributed by atoms with Crippen LogP contribution in [0.1, 0.15) is 0 Å². The van der Waals surface area contributed by atoms with Crippen molar-refractivity contribution < 1.29 is 23.3 Å². The van der Waals surface area contributed by atoms with E-state index >= 15 is 0 Å². The number of nitrogens with one attached hydrogen (secondary N) is 2. The molecular formula is C16H23FN2O4. The molecule has 0 bridgehead atoms.